The monoisotopic (exact) mass is 334 g/mol. The van der Waals surface area contributed by atoms with Gasteiger partial charge in [0.1, 0.15) is 24.4 Å². The van der Waals surface area contributed by atoms with Crippen molar-refractivity contribution in [1.29, 1.82) is 0 Å². The van der Waals surface area contributed by atoms with Gasteiger partial charge < -0.3 is 38.6 Å². The van der Waals surface area contributed by atoms with Gasteiger partial charge in [0.2, 0.25) is 11.6 Å². The van der Waals surface area contributed by atoms with E-state index < -0.39 is 42.3 Å². The molecule has 1 aliphatic carbocycles. The second-order valence-electron chi connectivity index (χ2n) is 6.24. The molecule has 3 aliphatic rings. The van der Waals surface area contributed by atoms with E-state index in [-0.39, 0.29) is 6.61 Å². The van der Waals surface area contributed by atoms with E-state index in [4.69, 9.17) is 28.4 Å². The summed E-state index contributed by atoms with van der Waals surface area (Å²) in [5.41, 5.74) is 0. The normalized spacial score (nSPS) is 50.2. The number of rotatable bonds is 4. The zero-order valence-corrected chi connectivity index (χ0v) is 13.8. The van der Waals surface area contributed by atoms with Crippen LogP contribution in [0.2, 0.25) is 0 Å². The fraction of sp³-hybridized carbons (Fsp3) is 1.00. The van der Waals surface area contributed by atoms with Crippen molar-refractivity contribution in [3.63, 3.8) is 0 Å². The van der Waals surface area contributed by atoms with Gasteiger partial charge in [-0.1, -0.05) is 0 Å². The topological polar surface area (TPSA) is 95.8 Å². The summed E-state index contributed by atoms with van der Waals surface area (Å²) >= 11 is 0. The van der Waals surface area contributed by atoms with Gasteiger partial charge in [-0.05, 0) is 12.8 Å². The summed E-state index contributed by atoms with van der Waals surface area (Å²) in [5.74, 6) is -2.19. The van der Waals surface area contributed by atoms with Gasteiger partial charge in [0.25, 0.3) is 0 Å². The van der Waals surface area contributed by atoms with Gasteiger partial charge in [0.15, 0.2) is 6.29 Å². The Hall–Kier alpha value is -0.320. The van der Waals surface area contributed by atoms with Crippen LogP contribution >= 0.6 is 0 Å². The maximum absolute atomic E-state index is 10.5. The summed E-state index contributed by atoms with van der Waals surface area (Å²) in [6.07, 6.45) is -1.05. The van der Waals surface area contributed by atoms with Crippen LogP contribution in [-0.2, 0) is 28.4 Å². The number of fused-ring (bicyclic) bond motifs is 2. The number of ether oxygens (including phenoxy) is 6. The Morgan fingerprint density at radius 3 is 2.04 bits per heavy atom. The van der Waals surface area contributed by atoms with E-state index in [9.17, 15) is 10.2 Å². The van der Waals surface area contributed by atoms with Crippen molar-refractivity contribution < 1.29 is 38.6 Å². The summed E-state index contributed by atoms with van der Waals surface area (Å²) in [4.78, 5) is 0. The quantitative estimate of drug-likeness (QED) is 0.727. The van der Waals surface area contributed by atoms with Crippen molar-refractivity contribution in [3.8, 4) is 0 Å². The third-order valence-electron chi connectivity index (χ3n) is 5.18. The first-order valence-corrected chi connectivity index (χ1v) is 7.99. The Morgan fingerprint density at radius 2 is 1.57 bits per heavy atom. The summed E-state index contributed by atoms with van der Waals surface area (Å²) in [5, 5.41) is 20.1. The molecule has 8 nitrogen and oxygen atoms in total. The van der Waals surface area contributed by atoms with Crippen molar-refractivity contribution in [2.75, 3.05) is 27.9 Å². The van der Waals surface area contributed by atoms with Gasteiger partial charge in [0, 0.05) is 34.2 Å². The molecule has 134 valence electrons. The zero-order valence-electron chi connectivity index (χ0n) is 13.8. The van der Waals surface area contributed by atoms with Gasteiger partial charge in [-0.2, -0.15) is 0 Å². The molecule has 2 N–H and O–H groups in total. The third-order valence-corrected chi connectivity index (χ3v) is 5.18. The summed E-state index contributed by atoms with van der Waals surface area (Å²) in [6, 6.07) is 0. The molecule has 3 fully saturated rings. The Bertz CT molecular complexity index is 420. The third kappa shape index (κ3) is 2.52. The molecule has 2 saturated heterocycles. The minimum Gasteiger partial charge on any atom is -0.394 e. The van der Waals surface area contributed by atoms with Crippen LogP contribution in [0.1, 0.15) is 25.7 Å². The Kier molecular flexibility index (Phi) is 4.97. The van der Waals surface area contributed by atoms with Gasteiger partial charge in [-0.3, -0.25) is 0 Å². The average Bonchev–Trinajstić information content (AvgIpc) is 2.60. The highest BCUT2D eigenvalue weighted by Gasteiger charge is 2.66. The molecule has 2 heterocycles. The molecule has 0 aromatic heterocycles. The lowest BCUT2D eigenvalue weighted by atomic mass is 9.83. The lowest BCUT2D eigenvalue weighted by molar-refractivity contribution is -0.496. The molecule has 0 amide bonds. The SMILES string of the molecule is CO[C@H]1O[C@H](CO)[C@H]2O[C@@]3(OC)CCCC[C@]3(OC)O[C@@H]2[C@H]1O. The average molecular weight is 334 g/mol. The van der Waals surface area contributed by atoms with Crippen LogP contribution in [0.5, 0.6) is 0 Å². The molecule has 0 unspecified atom stereocenters. The van der Waals surface area contributed by atoms with Crippen LogP contribution in [0, 0.1) is 0 Å². The van der Waals surface area contributed by atoms with Gasteiger partial charge in [0.05, 0.1) is 6.61 Å². The summed E-state index contributed by atoms with van der Waals surface area (Å²) < 4.78 is 34.5. The Morgan fingerprint density at radius 1 is 1.00 bits per heavy atom. The molecule has 7 atom stereocenters. The highest BCUT2D eigenvalue weighted by Crippen LogP contribution is 2.50. The van der Waals surface area contributed by atoms with Crippen LogP contribution in [0.4, 0.5) is 0 Å². The highest BCUT2D eigenvalue weighted by atomic mass is 16.8. The van der Waals surface area contributed by atoms with E-state index >= 15 is 0 Å². The fourth-order valence-electron chi connectivity index (χ4n) is 3.96. The van der Waals surface area contributed by atoms with Crippen LogP contribution in [0.3, 0.4) is 0 Å². The molecule has 8 heteroatoms. The molecule has 23 heavy (non-hydrogen) atoms. The molecule has 3 rings (SSSR count). The first-order chi connectivity index (χ1) is 11.1. The van der Waals surface area contributed by atoms with E-state index in [0.29, 0.717) is 12.8 Å². The number of methoxy groups -OCH3 is 3. The Balaban J connectivity index is 1.95. The second kappa shape index (κ2) is 6.53. The minimum atomic E-state index is -1.10. The molecule has 0 bridgehead atoms. The summed E-state index contributed by atoms with van der Waals surface area (Å²) in [7, 11) is 4.53. The molecule has 2 aliphatic heterocycles. The smallest absolute Gasteiger partial charge is 0.223 e. The Labute approximate surface area is 135 Å². The van der Waals surface area contributed by atoms with Gasteiger partial charge in [-0.25, -0.2) is 0 Å². The van der Waals surface area contributed by atoms with Crippen molar-refractivity contribution in [2.24, 2.45) is 0 Å². The van der Waals surface area contributed by atoms with E-state index in [1.165, 1.54) is 7.11 Å². The number of aliphatic hydroxyl groups is 2. The molecular formula is C15H26O8. The van der Waals surface area contributed by atoms with E-state index in [1.54, 1.807) is 14.2 Å². The number of hydrogen-bond acceptors (Lipinski definition) is 8. The number of aliphatic hydroxyl groups excluding tert-OH is 2. The molecule has 0 aromatic carbocycles. The van der Waals surface area contributed by atoms with Crippen molar-refractivity contribution >= 4 is 0 Å². The first-order valence-electron chi connectivity index (χ1n) is 7.99. The zero-order chi connectivity index (χ0) is 16.7. The summed E-state index contributed by atoms with van der Waals surface area (Å²) in [6.45, 7) is -0.281. The first kappa shape index (κ1) is 17.5. The van der Waals surface area contributed by atoms with Crippen LogP contribution in [-0.4, -0.2) is 80.4 Å². The van der Waals surface area contributed by atoms with E-state index in [1.807, 2.05) is 0 Å². The maximum Gasteiger partial charge on any atom is 0.223 e. The van der Waals surface area contributed by atoms with Gasteiger partial charge >= 0.3 is 0 Å². The molecule has 0 radical (unpaired) electrons. The van der Waals surface area contributed by atoms with Crippen LogP contribution in [0.25, 0.3) is 0 Å². The lowest BCUT2D eigenvalue weighted by Crippen LogP contribution is -2.75. The molecular weight excluding hydrogens is 308 g/mol. The van der Waals surface area contributed by atoms with Crippen molar-refractivity contribution in [3.05, 3.63) is 0 Å². The predicted octanol–water partition coefficient (Wildman–Crippen LogP) is -0.246. The molecule has 0 spiro atoms. The molecule has 1 saturated carbocycles. The second-order valence-corrected chi connectivity index (χ2v) is 6.24. The predicted molar refractivity (Wildman–Crippen MR) is 76.5 cm³/mol. The van der Waals surface area contributed by atoms with E-state index in [2.05, 4.69) is 0 Å². The van der Waals surface area contributed by atoms with Crippen LogP contribution < -0.4 is 0 Å². The van der Waals surface area contributed by atoms with Gasteiger partial charge in [-0.15, -0.1) is 0 Å². The van der Waals surface area contributed by atoms with E-state index in [0.717, 1.165) is 12.8 Å². The standard InChI is InChI=1S/C15H26O8/c1-18-13-10(17)12-11(9(8-16)21-13)22-14(19-2)6-4-5-7-15(14,20-3)23-12/h9-13,16-17H,4-8H2,1-3H3/t9-,10-,11-,12-,13+,14+,15+/m1/s1. The maximum atomic E-state index is 10.5. The van der Waals surface area contributed by atoms with Crippen LogP contribution in [0.15, 0.2) is 0 Å². The number of hydrogen-bond donors (Lipinski definition) is 2. The highest BCUT2D eigenvalue weighted by molar-refractivity contribution is 5.04. The largest absolute Gasteiger partial charge is 0.394 e. The minimum absolute atomic E-state index is 0.281. The van der Waals surface area contributed by atoms with Crippen molar-refractivity contribution in [1.82, 2.24) is 0 Å². The molecule has 0 aromatic rings. The fourth-order valence-corrected chi connectivity index (χ4v) is 3.96. The lowest BCUT2D eigenvalue weighted by Gasteiger charge is -2.59. The van der Waals surface area contributed by atoms with Crippen molar-refractivity contribution in [2.45, 2.75) is 68.0 Å².